The van der Waals surface area contributed by atoms with Crippen LogP contribution < -0.4 is 0 Å². The Hall–Kier alpha value is -5.93. The topological polar surface area (TPSA) is 38.9 Å². The summed E-state index contributed by atoms with van der Waals surface area (Å²) in [5, 5.41) is 0.497. The van der Waals surface area contributed by atoms with E-state index in [0.29, 0.717) is 38.9 Å². The number of aromatic nitrogens is 2. The van der Waals surface area contributed by atoms with Gasteiger partial charge in [-0.15, -0.1) is 47.5 Å². The molecule has 0 fully saturated rings. The minimum absolute atomic E-state index is 0. The molecule has 0 spiro atoms. The Balaban J connectivity index is 0.000000308. The van der Waals surface area contributed by atoms with Crippen molar-refractivity contribution in [2.45, 2.75) is 95.4 Å². The quantitative estimate of drug-likeness (QED) is 0.149. The van der Waals surface area contributed by atoms with Crippen LogP contribution in [0.3, 0.4) is 0 Å². The number of fused-ring (bicyclic) bond motifs is 3. The zero-order chi connectivity index (χ0) is 64.8. The zero-order valence-electron chi connectivity index (χ0n) is 59.3. The molecule has 0 aliphatic heterocycles. The first kappa shape index (κ1) is 27.0. The minimum Gasteiger partial charge on any atom is -0.500 e. The summed E-state index contributed by atoms with van der Waals surface area (Å²) in [5.74, 6) is 0. The van der Waals surface area contributed by atoms with Crippen LogP contribution in [0.5, 0.6) is 0 Å². The van der Waals surface area contributed by atoms with Crippen LogP contribution in [-0.4, -0.2) is 9.97 Å². The summed E-state index contributed by atoms with van der Waals surface area (Å²) in [7, 11) is 0. The van der Waals surface area contributed by atoms with Crippen LogP contribution >= 0.6 is 0 Å². The minimum atomic E-state index is -2.91. The van der Waals surface area contributed by atoms with E-state index in [9.17, 15) is 0 Å². The SMILES string of the molecule is [2H]C([2H])([2H])c1c[c-]c(-c2ccc(C([2H])([2H])C(C)(C)C)cn2)cc1-c1ccccc1.[2H]C([2H])([2H])c1cc(C([2H])([2H])[2H])c2oc3c(-c4cc(-c5cc(C([2H])([2H])[2H])c(-c6ccc(C([2H])([2H])C(C)(C)C)cc6)cc5C([2H])([2H])[2H])c(C([2H])([2H])[2H])cn4)[c-]ccc3c2c1.[Ir]. The second-order valence-corrected chi connectivity index (χ2v) is 18.0. The molecule has 66 heavy (non-hydrogen) atoms. The largest absolute Gasteiger partial charge is 0.500 e. The first-order valence-electron chi connectivity index (χ1n) is 32.0. The van der Waals surface area contributed by atoms with E-state index in [4.69, 9.17) is 34.6 Å². The summed E-state index contributed by atoms with van der Waals surface area (Å²) in [4.78, 5) is 8.83. The van der Waals surface area contributed by atoms with E-state index in [1.54, 1.807) is 51.2 Å². The van der Waals surface area contributed by atoms with Crippen LogP contribution in [0.15, 0.2) is 138 Å². The molecule has 0 aliphatic carbocycles. The number of hydrogen-bond acceptors (Lipinski definition) is 3. The molecule has 0 amide bonds. The number of benzene rings is 6. The first-order valence-corrected chi connectivity index (χ1v) is 21.0. The Morgan fingerprint density at radius 2 is 1.17 bits per heavy atom. The molecule has 0 saturated carbocycles. The smallest absolute Gasteiger partial charge is 0.123 e. The Bertz CT molecular complexity index is 4010. The van der Waals surface area contributed by atoms with Gasteiger partial charge in [0.15, 0.2) is 0 Å². The molecule has 3 aromatic heterocycles. The predicted octanol–water partition coefficient (Wildman–Crippen LogP) is 17.0. The average Bonchev–Trinajstić information content (AvgIpc) is 1.40. The van der Waals surface area contributed by atoms with Crippen LogP contribution in [0.2, 0.25) is 0 Å². The van der Waals surface area contributed by atoms with Crippen molar-refractivity contribution in [1.82, 2.24) is 9.97 Å². The van der Waals surface area contributed by atoms with E-state index in [1.807, 2.05) is 51.1 Å². The Kier molecular flexibility index (Phi) is 7.98. The second-order valence-electron chi connectivity index (χ2n) is 18.0. The number of rotatable bonds is 7. The fraction of sp³-hybridized carbons (Fsp3) is 0.258. The maximum Gasteiger partial charge on any atom is 0.123 e. The van der Waals surface area contributed by atoms with Crippen molar-refractivity contribution in [2.24, 2.45) is 10.8 Å². The summed E-state index contributed by atoms with van der Waals surface area (Å²) in [6.45, 7) is -5.49. The van der Waals surface area contributed by atoms with Gasteiger partial charge in [0.2, 0.25) is 0 Å². The predicted molar refractivity (Wildman–Crippen MR) is 275 cm³/mol. The maximum atomic E-state index is 8.66. The van der Waals surface area contributed by atoms with Gasteiger partial charge >= 0.3 is 0 Å². The molecule has 3 heterocycles. The number of furan rings is 1. The number of aryl methyl sites for hydroxylation is 6. The first-order chi connectivity index (χ1) is 39.7. The molecule has 9 rings (SSSR count). The van der Waals surface area contributed by atoms with Gasteiger partial charge in [0.25, 0.3) is 0 Å². The standard InChI is InChI=1S/C39H38NO.C23H24N.Ir/c1-23-16-26(4)37-35(17-23)30-10-9-11-31(38(30)41-37)36-20-34(27(5)22-40-36)33-19-24(2)32(18-25(33)3)29-14-12-28(13-15-29)21-39(6,7)8;1-17-10-12-20(14-21(17)19-8-6-5-7-9-19)22-13-11-18(16-24-22)15-23(2,3)4;/h9-10,12-20,22H,21H2,1-8H3;5-11,13-14,16H,15H2,1-4H3;/q2*-1;/i1D3,2D3,3D3,4D3,5D3,21D2;1D3,15D2;. The van der Waals surface area contributed by atoms with E-state index in [-0.39, 0.29) is 98.0 Å². The van der Waals surface area contributed by atoms with Crippen molar-refractivity contribution in [2.75, 3.05) is 0 Å². The molecule has 0 aliphatic rings. The average molecular weight is 1070 g/mol. The molecule has 9 aromatic rings. The van der Waals surface area contributed by atoms with E-state index in [1.165, 1.54) is 54.6 Å². The third-order valence-electron chi connectivity index (χ3n) is 10.5. The molecular weight excluding hydrogens is 981 g/mol. The molecular formula is C62H62IrN2O-2. The van der Waals surface area contributed by atoms with Crippen LogP contribution in [0.4, 0.5) is 0 Å². The van der Waals surface area contributed by atoms with Crippen molar-refractivity contribution in [3.63, 3.8) is 0 Å². The molecule has 0 N–H and O–H groups in total. The molecule has 0 unspecified atom stereocenters. The van der Waals surface area contributed by atoms with Gasteiger partial charge in [-0.1, -0.05) is 161 Å². The van der Waals surface area contributed by atoms with E-state index in [0.717, 1.165) is 23.9 Å². The van der Waals surface area contributed by atoms with Gasteiger partial charge in [0, 0.05) is 68.0 Å². The van der Waals surface area contributed by atoms with Crippen molar-refractivity contribution in [3.8, 4) is 55.9 Å². The molecule has 0 saturated heterocycles. The summed E-state index contributed by atoms with van der Waals surface area (Å²) in [6.07, 6.45) is -0.710. The van der Waals surface area contributed by atoms with Gasteiger partial charge in [0.1, 0.15) is 5.58 Å². The van der Waals surface area contributed by atoms with E-state index < -0.39 is 64.7 Å². The van der Waals surface area contributed by atoms with Gasteiger partial charge in [-0.3, -0.25) is 0 Å². The van der Waals surface area contributed by atoms with Crippen molar-refractivity contribution in [3.05, 3.63) is 190 Å². The molecule has 6 aromatic carbocycles. The van der Waals surface area contributed by atoms with Gasteiger partial charge in [-0.05, 0) is 136 Å². The van der Waals surface area contributed by atoms with Crippen molar-refractivity contribution < 1.29 is 54.7 Å². The summed E-state index contributed by atoms with van der Waals surface area (Å²) in [5.41, 5.74) is 0.867. The molecule has 3 nitrogen and oxygen atoms in total. The van der Waals surface area contributed by atoms with Gasteiger partial charge in [-0.2, -0.15) is 0 Å². The van der Waals surface area contributed by atoms with Gasteiger partial charge in [-0.25, -0.2) is 0 Å². The van der Waals surface area contributed by atoms with E-state index in [2.05, 4.69) is 22.1 Å². The molecule has 337 valence electrons. The van der Waals surface area contributed by atoms with Crippen molar-refractivity contribution in [1.29, 1.82) is 0 Å². The summed E-state index contributed by atoms with van der Waals surface area (Å²) >= 11 is 0. The fourth-order valence-corrected chi connectivity index (χ4v) is 7.63. The number of pyridine rings is 2. The normalized spacial score (nSPS) is 18.2. The maximum absolute atomic E-state index is 8.66. The van der Waals surface area contributed by atoms with E-state index >= 15 is 0 Å². The number of hydrogen-bond donors (Lipinski definition) is 0. The zero-order valence-corrected chi connectivity index (χ0v) is 39.7. The monoisotopic (exact) mass is 1070 g/mol. The van der Waals surface area contributed by atoms with Gasteiger partial charge < -0.3 is 14.4 Å². The molecule has 4 heteroatoms. The van der Waals surface area contributed by atoms with Crippen LogP contribution in [0.25, 0.3) is 77.8 Å². The van der Waals surface area contributed by atoms with Crippen LogP contribution in [-0.2, 0) is 32.9 Å². The van der Waals surface area contributed by atoms with Crippen LogP contribution in [0.1, 0.15) is 116 Å². The Morgan fingerprint density at radius 1 is 0.530 bits per heavy atom. The fourth-order valence-electron chi connectivity index (χ4n) is 7.63. The Morgan fingerprint density at radius 3 is 1.85 bits per heavy atom. The summed E-state index contributed by atoms with van der Waals surface area (Å²) in [6, 6.07) is 37.3. The Labute approximate surface area is 438 Å². The number of nitrogens with zero attached hydrogens (tertiary/aromatic N) is 2. The molecule has 1 radical (unpaired) electrons. The molecule has 0 bridgehead atoms. The van der Waals surface area contributed by atoms with Crippen LogP contribution in [0, 0.1) is 64.1 Å². The third-order valence-corrected chi connectivity index (χ3v) is 10.5. The molecule has 0 atom stereocenters. The third kappa shape index (κ3) is 10.8. The van der Waals surface area contributed by atoms with Crippen molar-refractivity contribution >= 4 is 21.9 Å². The summed E-state index contributed by atoms with van der Waals surface area (Å²) < 4.78 is 188. The van der Waals surface area contributed by atoms with Gasteiger partial charge in [0.05, 0.1) is 5.58 Å². The second kappa shape index (κ2) is 19.5.